The number of unbranched alkanes of at least 4 members (excludes halogenated alkanes) is 5. The SMILES string of the molecule is CCCCCCCC#C[B-](F)(F)F. The summed E-state index contributed by atoms with van der Waals surface area (Å²) in [6.45, 7) is -2.79. The third-order valence-electron chi connectivity index (χ3n) is 1.67. The van der Waals surface area contributed by atoms with Crippen molar-refractivity contribution in [1.82, 2.24) is 0 Å². The summed E-state index contributed by atoms with van der Waals surface area (Å²) < 4.78 is 34.7. The molecule has 0 aromatic heterocycles. The monoisotopic (exact) mass is 191 g/mol. The van der Waals surface area contributed by atoms with E-state index in [2.05, 4.69) is 12.8 Å². The van der Waals surface area contributed by atoms with Crippen molar-refractivity contribution in [2.45, 2.75) is 45.4 Å². The molecule has 0 aromatic carbocycles. The number of hydrogen-bond acceptors (Lipinski definition) is 0. The molecule has 0 aliphatic heterocycles. The lowest BCUT2D eigenvalue weighted by atomic mass is 9.93. The molecule has 0 heterocycles. The summed E-state index contributed by atoms with van der Waals surface area (Å²) in [5, 5.41) is 0. The minimum atomic E-state index is -4.89. The van der Waals surface area contributed by atoms with E-state index in [-0.39, 0.29) is 0 Å². The molecule has 0 N–H and O–H groups in total. The number of halogens is 3. The Balaban J connectivity index is 3.28. The molecule has 0 nitrogen and oxygen atoms in total. The van der Waals surface area contributed by atoms with E-state index in [1.807, 2.05) is 0 Å². The van der Waals surface area contributed by atoms with Crippen LogP contribution in [-0.4, -0.2) is 6.98 Å². The molecule has 0 atom stereocenters. The van der Waals surface area contributed by atoms with Crippen molar-refractivity contribution in [3.63, 3.8) is 0 Å². The molecule has 0 aliphatic rings. The van der Waals surface area contributed by atoms with E-state index in [0.717, 1.165) is 32.1 Å². The smallest absolute Gasteiger partial charge is 0.438 e. The van der Waals surface area contributed by atoms with Gasteiger partial charge in [-0.3, -0.25) is 0 Å². The van der Waals surface area contributed by atoms with Gasteiger partial charge in [-0.15, -0.1) is 5.92 Å². The van der Waals surface area contributed by atoms with Crippen LogP contribution in [0, 0.1) is 11.7 Å². The van der Waals surface area contributed by atoms with Gasteiger partial charge < -0.3 is 12.9 Å². The van der Waals surface area contributed by atoms with E-state index >= 15 is 0 Å². The maximum absolute atomic E-state index is 11.6. The van der Waals surface area contributed by atoms with Crippen LogP contribution in [-0.2, 0) is 0 Å². The fourth-order valence-corrected chi connectivity index (χ4v) is 1.00. The summed E-state index contributed by atoms with van der Waals surface area (Å²) in [5.41, 5.74) is 0. The van der Waals surface area contributed by atoms with Crippen LogP contribution in [0.15, 0.2) is 0 Å². The Kier molecular flexibility index (Phi) is 6.57. The zero-order valence-electron chi connectivity index (χ0n) is 7.95. The van der Waals surface area contributed by atoms with E-state index in [9.17, 15) is 12.9 Å². The molecule has 0 saturated heterocycles. The lowest BCUT2D eigenvalue weighted by Crippen LogP contribution is -2.10. The summed E-state index contributed by atoms with van der Waals surface area (Å²) in [4.78, 5) is 0. The molecule has 0 aromatic rings. The van der Waals surface area contributed by atoms with E-state index in [4.69, 9.17) is 0 Å². The summed E-state index contributed by atoms with van der Waals surface area (Å²) >= 11 is 0. The predicted octanol–water partition coefficient (Wildman–Crippen LogP) is 3.74. The highest BCUT2D eigenvalue weighted by molar-refractivity contribution is 6.67. The van der Waals surface area contributed by atoms with Gasteiger partial charge in [-0.1, -0.05) is 32.6 Å². The fraction of sp³-hybridized carbons (Fsp3) is 0.778. The third kappa shape index (κ3) is 11.4. The largest absolute Gasteiger partial charge is 0.557 e. The Labute approximate surface area is 78.0 Å². The first-order chi connectivity index (χ1) is 6.06. The van der Waals surface area contributed by atoms with Gasteiger partial charge in [0.1, 0.15) is 0 Å². The van der Waals surface area contributed by atoms with Gasteiger partial charge >= 0.3 is 6.98 Å². The molecular formula is C9H15BF3-. The molecule has 0 radical (unpaired) electrons. The molecule has 76 valence electrons. The fourth-order valence-electron chi connectivity index (χ4n) is 1.00. The summed E-state index contributed by atoms with van der Waals surface area (Å²) in [6, 6.07) is 0. The predicted molar refractivity (Wildman–Crippen MR) is 50.2 cm³/mol. The van der Waals surface area contributed by atoms with Crippen LogP contribution in [0.1, 0.15) is 45.4 Å². The van der Waals surface area contributed by atoms with Gasteiger partial charge in [0.2, 0.25) is 0 Å². The van der Waals surface area contributed by atoms with Crippen LogP contribution < -0.4 is 0 Å². The molecule has 0 saturated carbocycles. The summed E-state index contributed by atoms with van der Waals surface area (Å²) in [5.74, 6) is 3.48. The average molecular weight is 191 g/mol. The van der Waals surface area contributed by atoms with E-state index < -0.39 is 6.98 Å². The van der Waals surface area contributed by atoms with Crippen LogP contribution in [0.3, 0.4) is 0 Å². The highest BCUT2D eigenvalue weighted by Gasteiger charge is 2.17. The summed E-state index contributed by atoms with van der Waals surface area (Å²) in [7, 11) is 0. The standard InChI is InChI=1S/C9H15BF3/c1-2-3-4-5-6-7-8-9-10(11,12)13/h2-7H2,1H3/q-1. The van der Waals surface area contributed by atoms with Crippen molar-refractivity contribution in [1.29, 1.82) is 0 Å². The molecule has 0 aliphatic carbocycles. The van der Waals surface area contributed by atoms with Crippen LogP contribution in [0.4, 0.5) is 12.9 Å². The lowest BCUT2D eigenvalue weighted by molar-refractivity contribution is 0.503. The average Bonchev–Trinajstić information content (AvgIpc) is 2.01. The third-order valence-corrected chi connectivity index (χ3v) is 1.67. The minimum Gasteiger partial charge on any atom is -0.438 e. The first kappa shape index (κ1) is 12.4. The molecular weight excluding hydrogens is 176 g/mol. The molecule has 0 fully saturated rings. The Morgan fingerprint density at radius 2 is 1.62 bits per heavy atom. The second kappa shape index (κ2) is 6.88. The highest BCUT2D eigenvalue weighted by Crippen LogP contribution is 2.07. The Morgan fingerprint density at radius 1 is 1.00 bits per heavy atom. The van der Waals surface area contributed by atoms with E-state index in [1.54, 1.807) is 0 Å². The van der Waals surface area contributed by atoms with Crippen molar-refractivity contribution < 1.29 is 12.9 Å². The highest BCUT2D eigenvalue weighted by atomic mass is 19.4. The Bertz CT molecular complexity index is 176. The maximum Gasteiger partial charge on any atom is 0.557 e. The second-order valence-corrected chi connectivity index (χ2v) is 3.06. The zero-order chi connectivity index (χ0) is 10.2. The van der Waals surface area contributed by atoms with Crippen molar-refractivity contribution in [2.24, 2.45) is 0 Å². The normalized spacial score (nSPS) is 10.8. The molecule has 4 heteroatoms. The van der Waals surface area contributed by atoms with Gasteiger partial charge in [0, 0.05) is 6.42 Å². The van der Waals surface area contributed by atoms with Crippen molar-refractivity contribution in [2.75, 3.05) is 0 Å². The van der Waals surface area contributed by atoms with E-state index in [0.29, 0.717) is 6.42 Å². The Morgan fingerprint density at radius 3 is 2.15 bits per heavy atom. The second-order valence-electron chi connectivity index (χ2n) is 3.06. The topological polar surface area (TPSA) is 0 Å². The van der Waals surface area contributed by atoms with Crippen molar-refractivity contribution in [3.05, 3.63) is 0 Å². The van der Waals surface area contributed by atoms with Gasteiger partial charge in [-0.05, 0) is 6.42 Å². The molecule has 0 bridgehead atoms. The molecule has 0 rings (SSSR count). The summed E-state index contributed by atoms with van der Waals surface area (Å²) in [6.07, 6.45) is 5.58. The maximum atomic E-state index is 11.6. The van der Waals surface area contributed by atoms with Gasteiger partial charge in [-0.2, -0.15) is 0 Å². The number of hydrogen-bond donors (Lipinski definition) is 0. The molecule has 0 unspecified atom stereocenters. The van der Waals surface area contributed by atoms with Crippen LogP contribution >= 0.6 is 0 Å². The molecule has 13 heavy (non-hydrogen) atoms. The van der Waals surface area contributed by atoms with Crippen molar-refractivity contribution >= 4 is 6.98 Å². The lowest BCUT2D eigenvalue weighted by Gasteiger charge is -2.02. The number of rotatable bonds is 5. The van der Waals surface area contributed by atoms with E-state index in [1.165, 1.54) is 5.82 Å². The van der Waals surface area contributed by atoms with Gasteiger partial charge in [0.15, 0.2) is 0 Å². The molecule has 0 spiro atoms. The van der Waals surface area contributed by atoms with Crippen molar-refractivity contribution in [3.8, 4) is 11.7 Å². The minimum absolute atomic E-state index is 0.380. The van der Waals surface area contributed by atoms with Gasteiger partial charge in [-0.25, -0.2) is 5.82 Å². The van der Waals surface area contributed by atoms with Crippen LogP contribution in [0.2, 0.25) is 0 Å². The van der Waals surface area contributed by atoms with Gasteiger partial charge in [0.25, 0.3) is 0 Å². The van der Waals surface area contributed by atoms with Gasteiger partial charge in [0.05, 0.1) is 0 Å². The van der Waals surface area contributed by atoms with Crippen LogP contribution in [0.25, 0.3) is 0 Å². The first-order valence-corrected chi connectivity index (χ1v) is 4.75. The van der Waals surface area contributed by atoms with Crippen LogP contribution in [0.5, 0.6) is 0 Å². The first-order valence-electron chi connectivity index (χ1n) is 4.75. The Hall–Kier alpha value is -0.585. The quantitative estimate of drug-likeness (QED) is 0.352. The molecule has 0 amide bonds. The zero-order valence-corrected chi connectivity index (χ0v) is 7.95.